The van der Waals surface area contributed by atoms with Crippen LogP contribution in [0.1, 0.15) is 23.9 Å². The molecule has 0 fully saturated rings. The molecule has 1 heterocycles. The van der Waals surface area contributed by atoms with Crippen molar-refractivity contribution in [1.29, 1.82) is 0 Å². The molecule has 1 N–H and O–H groups in total. The number of nitrogens with zero attached hydrogens (tertiary/aromatic N) is 2. The molecule has 0 amide bonds. The molecule has 0 bridgehead atoms. The molecule has 1 aromatic carbocycles. The Morgan fingerprint density at radius 2 is 2.10 bits per heavy atom. The average molecular weight is 295 g/mol. The number of halogens is 2. The quantitative estimate of drug-likeness (QED) is 0.853. The SMILES string of the molecule is CNC(CCc1nccn1C)c1ccccc1OC(F)F. The fraction of sp³-hybridized carbons (Fsp3) is 0.400. The first-order chi connectivity index (χ1) is 10.1. The average Bonchev–Trinajstić information content (AvgIpc) is 2.86. The zero-order chi connectivity index (χ0) is 15.2. The molecule has 0 saturated carbocycles. The Labute approximate surface area is 122 Å². The van der Waals surface area contributed by atoms with Crippen LogP contribution < -0.4 is 10.1 Å². The smallest absolute Gasteiger partial charge is 0.387 e. The van der Waals surface area contributed by atoms with E-state index in [2.05, 4.69) is 15.0 Å². The minimum atomic E-state index is -2.82. The highest BCUT2D eigenvalue weighted by molar-refractivity contribution is 5.36. The molecule has 0 aliphatic heterocycles. The first-order valence-corrected chi connectivity index (χ1v) is 6.79. The van der Waals surface area contributed by atoms with Gasteiger partial charge in [0.15, 0.2) is 0 Å². The van der Waals surface area contributed by atoms with Gasteiger partial charge in [0, 0.05) is 37.5 Å². The lowest BCUT2D eigenvalue weighted by Crippen LogP contribution is -2.19. The number of hydrogen-bond acceptors (Lipinski definition) is 3. The number of alkyl halides is 2. The van der Waals surface area contributed by atoms with Crippen molar-refractivity contribution in [3.8, 4) is 5.75 Å². The van der Waals surface area contributed by atoms with Crippen molar-refractivity contribution in [3.63, 3.8) is 0 Å². The predicted octanol–water partition coefficient (Wildman–Crippen LogP) is 2.91. The summed E-state index contributed by atoms with van der Waals surface area (Å²) in [5, 5.41) is 3.15. The molecule has 2 rings (SSSR count). The summed E-state index contributed by atoms with van der Waals surface area (Å²) in [5.74, 6) is 1.18. The lowest BCUT2D eigenvalue weighted by atomic mass is 10.0. The third-order valence-electron chi connectivity index (χ3n) is 3.44. The molecule has 114 valence electrons. The van der Waals surface area contributed by atoms with Gasteiger partial charge in [-0.2, -0.15) is 8.78 Å². The van der Waals surface area contributed by atoms with Crippen molar-refractivity contribution in [3.05, 3.63) is 48.0 Å². The molecular weight excluding hydrogens is 276 g/mol. The molecule has 0 aliphatic rings. The van der Waals surface area contributed by atoms with Crippen molar-refractivity contribution in [2.45, 2.75) is 25.5 Å². The number of imidazole rings is 1. The van der Waals surface area contributed by atoms with E-state index in [9.17, 15) is 8.78 Å². The topological polar surface area (TPSA) is 39.1 Å². The van der Waals surface area contributed by atoms with Gasteiger partial charge in [-0.25, -0.2) is 4.98 Å². The summed E-state index contributed by atoms with van der Waals surface area (Å²) in [4.78, 5) is 4.27. The summed E-state index contributed by atoms with van der Waals surface area (Å²) in [6, 6.07) is 6.80. The Morgan fingerprint density at radius 3 is 2.71 bits per heavy atom. The standard InChI is InChI=1S/C15H19F2N3O/c1-18-12(7-8-14-19-9-10-20(14)2)11-5-3-4-6-13(11)21-15(16)17/h3-6,9-10,12,15,18H,7-8H2,1-2H3. The fourth-order valence-electron chi connectivity index (χ4n) is 2.34. The van der Waals surface area contributed by atoms with E-state index in [4.69, 9.17) is 0 Å². The van der Waals surface area contributed by atoms with Gasteiger partial charge in [-0.15, -0.1) is 0 Å². The summed E-state index contributed by atoms with van der Waals surface area (Å²) in [6.07, 6.45) is 5.12. The number of hydrogen-bond donors (Lipinski definition) is 1. The van der Waals surface area contributed by atoms with E-state index in [0.717, 1.165) is 24.2 Å². The zero-order valence-corrected chi connectivity index (χ0v) is 12.1. The van der Waals surface area contributed by atoms with Crippen LogP contribution in [0.5, 0.6) is 5.75 Å². The zero-order valence-electron chi connectivity index (χ0n) is 12.1. The van der Waals surface area contributed by atoms with Crippen LogP contribution in [0.15, 0.2) is 36.7 Å². The van der Waals surface area contributed by atoms with Crippen molar-refractivity contribution >= 4 is 0 Å². The van der Waals surface area contributed by atoms with Crippen molar-refractivity contribution in [1.82, 2.24) is 14.9 Å². The van der Waals surface area contributed by atoms with Crippen molar-refractivity contribution in [2.75, 3.05) is 7.05 Å². The molecule has 1 atom stereocenters. The highest BCUT2D eigenvalue weighted by atomic mass is 19.3. The second-order valence-corrected chi connectivity index (χ2v) is 4.75. The van der Waals surface area contributed by atoms with Crippen LogP contribution in [0.2, 0.25) is 0 Å². The Kier molecular flexibility index (Phi) is 5.27. The van der Waals surface area contributed by atoms with Gasteiger partial charge in [0.25, 0.3) is 0 Å². The lowest BCUT2D eigenvalue weighted by molar-refractivity contribution is -0.0507. The molecule has 2 aromatic rings. The number of nitrogens with one attached hydrogen (secondary N) is 1. The monoisotopic (exact) mass is 295 g/mol. The van der Waals surface area contributed by atoms with E-state index in [0.29, 0.717) is 0 Å². The van der Waals surface area contributed by atoms with Gasteiger partial charge < -0.3 is 14.6 Å². The molecule has 0 spiro atoms. The Balaban J connectivity index is 2.12. The van der Waals surface area contributed by atoms with Crippen LogP contribution in [0.4, 0.5) is 8.78 Å². The van der Waals surface area contributed by atoms with Gasteiger partial charge in [-0.05, 0) is 19.5 Å². The third-order valence-corrected chi connectivity index (χ3v) is 3.44. The summed E-state index contributed by atoms with van der Waals surface area (Å²) < 4.78 is 31.5. The van der Waals surface area contributed by atoms with Gasteiger partial charge in [0.1, 0.15) is 11.6 Å². The van der Waals surface area contributed by atoms with Crippen molar-refractivity contribution in [2.24, 2.45) is 7.05 Å². The first-order valence-electron chi connectivity index (χ1n) is 6.79. The van der Waals surface area contributed by atoms with E-state index in [-0.39, 0.29) is 11.8 Å². The molecule has 0 aliphatic carbocycles. The second kappa shape index (κ2) is 7.17. The fourth-order valence-corrected chi connectivity index (χ4v) is 2.34. The number of rotatable bonds is 7. The van der Waals surface area contributed by atoms with Gasteiger partial charge in [-0.3, -0.25) is 0 Å². The molecule has 4 nitrogen and oxygen atoms in total. The third kappa shape index (κ3) is 4.01. The lowest BCUT2D eigenvalue weighted by Gasteiger charge is -2.20. The number of para-hydroxylation sites is 1. The number of aromatic nitrogens is 2. The number of ether oxygens (including phenoxy) is 1. The summed E-state index contributed by atoms with van der Waals surface area (Å²) in [6.45, 7) is -2.82. The number of aryl methyl sites for hydroxylation is 2. The van der Waals surface area contributed by atoms with Gasteiger partial charge in [0.2, 0.25) is 0 Å². The Morgan fingerprint density at radius 1 is 1.33 bits per heavy atom. The maximum Gasteiger partial charge on any atom is 0.387 e. The largest absolute Gasteiger partial charge is 0.434 e. The number of benzene rings is 1. The van der Waals surface area contributed by atoms with E-state index in [1.807, 2.05) is 30.9 Å². The van der Waals surface area contributed by atoms with Crippen LogP contribution in [0.25, 0.3) is 0 Å². The second-order valence-electron chi connectivity index (χ2n) is 4.75. The predicted molar refractivity (Wildman–Crippen MR) is 76.4 cm³/mol. The van der Waals surface area contributed by atoms with Crippen LogP contribution in [0.3, 0.4) is 0 Å². The summed E-state index contributed by atoms with van der Waals surface area (Å²) in [7, 11) is 3.74. The highest BCUT2D eigenvalue weighted by Gasteiger charge is 2.17. The van der Waals surface area contributed by atoms with E-state index < -0.39 is 6.61 Å². The van der Waals surface area contributed by atoms with Crippen LogP contribution in [-0.4, -0.2) is 23.2 Å². The normalized spacial score (nSPS) is 12.6. The van der Waals surface area contributed by atoms with Gasteiger partial charge in [0.05, 0.1) is 0 Å². The maximum atomic E-state index is 12.5. The summed E-state index contributed by atoms with van der Waals surface area (Å²) in [5.41, 5.74) is 0.731. The van der Waals surface area contributed by atoms with Gasteiger partial charge >= 0.3 is 6.61 Å². The summed E-state index contributed by atoms with van der Waals surface area (Å²) >= 11 is 0. The molecule has 1 unspecified atom stereocenters. The minimum Gasteiger partial charge on any atom is -0.434 e. The highest BCUT2D eigenvalue weighted by Crippen LogP contribution is 2.29. The van der Waals surface area contributed by atoms with Crippen LogP contribution in [-0.2, 0) is 13.5 Å². The van der Waals surface area contributed by atoms with E-state index in [1.54, 1.807) is 24.4 Å². The molecule has 0 saturated heterocycles. The minimum absolute atomic E-state index is 0.0725. The molecule has 6 heteroatoms. The van der Waals surface area contributed by atoms with Crippen LogP contribution in [0, 0.1) is 0 Å². The van der Waals surface area contributed by atoms with E-state index in [1.165, 1.54) is 0 Å². The van der Waals surface area contributed by atoms with E-state index >= 15 is 0 Å². The maximum absolute atomic E-state index is 12.5. The molecular formula is C15H19F2N3O. The first kappa shape index (κ1) is 15.4. The Hall–Kier alpha value is -1.95. The Bertz CT molecular complexity index is 572. The van der Waals surface area contributed by atoms with Crippen LogP contribution >= 0.6 is 0 Å². The molecule has 1 aromatic heterocycles. The molecule has 21 heavy (non-hydrogen) atoms. The van der Waals surface area contributed by atoms with Crippen molar-refractivity contribution < 1.29 is 13.5 Å². The molecule has 0 radical (unpaired) electrons. The van der Waals surface area contributed by atoms with Gasteiger partial charge in [-0.1, -0.05) is 18.2 Å².